The van der Waals surface area contributed by atoms with Gasteiger partial charge in [0, 0.05) is 26.2 Å². The fourth-order valence-electron chi connectivity index (χ4n) is 1.37. The van der Waals surface area contributed by atoms with Crippen LogP contribution in [0.3, 0.4) is 0 Å². The van der Waals surface area contributed by atoms with E-state index in [2.05, 4.69) is 19.6 Å². The summed E-state index contributed by atoms with van der Waals surface area (Å²) in [5.74, 6) is 0.844. The normalized spacial score (nSPS) is 19.2. The van der Waals surface area contributed by atoms with E-state index in [9.17, 15) is 0 Å². The first-order valence-corrected chi connectivity index (χ1v) is 5.41. The predicted molar refractivity (Wildman–Crippen MR) is 53.1 cm³/mol. The molecule has 2 rings (SSSR count). The van der Waals surface area contributed by atoms with Gasteiger partial charge in [0.25, 0.3) is 0 Å². The second-order valence-corrected chi connectivity index (χ2v) is 4.32. The minimum Gasteiger partial charge on any atom is -0.314 e. The number of nitrogens with zero attached hydrogens (tertiary/aromatic N) is 3. The van der Waals surface area contributed by atoms with E-state index in [0.29, 0.717) is 4.47 Å². The molecule has 2 heterocycles. The summed E-state index contributed by atoms with van der Waals surface area (Å²) in [6, 6.07) is 0. The maximum absolute atomic E-state index is 5.69. The van der Waals surface area contributed by atoms with E-state index in [4.69, 9.17) is 11.6 Å². The van der Waals surface area contributed by atoms with E-state index in [1.54, 1.807) is 0 Å². The quantitative estimate of drug-likeness (QED) is 0.790. The van der Waals surface area contributed by atoms with Crippen molar-refractivity contribution in [2.45, 2.75) is 6.54 Å². The van der Waals surface area contributed by atoms with Gasteiger partial charge < -0.3 is 5.32 Å². The summed E-state index contributed by atoms with van der Waals surface area (Å²) in [6.07, 6.45) is 0. The van der Waals surface area contributed by atoms with Crippen LogP contribution < -0.4 is 5.32 Å². The lowest BCUT2D eigenvalue weighted by molar-refractivity contribution is 0.229. The molecule has 1 aromatic heterocycles. The highest BCUT2D eigenvalue weighted by molar-refractivity contribution is 7.10. The van der Waals surface area contributed by atoms with Gasteiger partial charge in [-0.2, -0.15) is 4.37 Å². The first-order chi connectivity index (χ1) is 6.34. The van der Waals surface area contributed by atoms with E-state index in [1.165, 1.54) is 11.5 Å². The van der Waals surface area contributed by atoms with Crippen molar-refractivity contribution in [2.75, 3.05) is 26.2 Å². The maximum atomic E-state index is 5.69. The van der Waals surface area contributed by atoms with Crippen molar-refractivity contribution < 1.29 is 0 Å². The van der Waals surface area contributed by atoms with Crippen LogP contribution in [0.2, 0.25) is 4.47 Å². The number of halogens is 1. The predicted octanol–water partition coefficient (Wildman–Crippen LogP) is 0.597. The number of aromatic nitrogens is 2. The Balaban J connectivity index is 1.89. The molecule has 72 valence electrons. The molecule has 6 heteroatoms. The van der Waals surface area contributed by atoms with Gasteiger partial charge in [0.2, 0.25) is 4.47 Å². The Morgan fingerprint density at radius 1 is 1.46 bits per heavy atom. The summed E-state index contributed by atoms with van der Waals surface area (Å²) in [5, 5.41) is 3.30. The lowest BCUT2D eigenvalue weighted by Gasteiger charge is -2.25. The van der Waals surface area contributed by atoms with Crippen LogP contribution in [0.15, 0.2) is 0 Å². The molecule has 13 heavy (non-hydrogen) atoms. The Bertz CT molecular complexity index is 271. The second-order valence-electron chi connectivity index (χ2n) is 2.99. The zero-order chi connectivity index (χ0) is 9.10. The van der Waals surface area contributed by atoms with Crippen molar-refractivity contribution in [3.8, 4) is 0 Å². The molecule has 0 saturated carbocycles. The lowest BCUT2D eigenvalue weighted by atomic mass is 10.3. The van der Waals surface area contributed by atoms with Crippen molar-refractivity contribution in [3.63, 3.8) is 0 Å². The number of rotatable bonds is 2. The third-order valence-corrected chi connectivity index (χ3v) is 2.85. The van der Waals surface area contributed by atoms with Crippen molar-refractivity contribution in [3.05, 3.63) is 10.3 Å². The van der Waals surface area contributed by atoms with Gasteiger partial charge in [-0.25, -0.2) is 4.98 Å². The van der Waals surface area contributed by atoms with Gasteiger partial charge in [-0.15, -0.1) is 0 Å². The van der Waals surface area contributed by atoms with Gasteiger partial charge >= 0.3 is 0 Å². The summed E-state index contributed by atoms with van der Waals surface area (Å²) in [6.45, 7) is 5.06. The Morgan fingerprint density at radius 3 is 2.85 bits per heavy atom. The van der Waals surface area contributed by atoms with Crippen LogP contribution in [0.5, 0.6) is 0 Å². The van der Waals surface area contributed by atoms with Gasteiger partial charge in [-0.1, -0.05) is 0 Å². The Labute approximate surface area is 86.1 Å². The average Bonchev–Trinajstić information content (AvgIpc) is 2.53. The van der Waals surface area contributed by atoms with Gasteiger partial charge in [-0.3, -0.25) is 4.90 Å². The number of hydrogen-bond acceptors (Lipinski definition) is 5. The van der Waals surface area contributed by atoms with Gasteiger partial charge in [0.05, 0.1) is 6.54 Å². The van der Waals surface area contributed by atoms with E-state index in [-0.39, 0.29) is 0 Å². The van der Waals surface area contributed by atoms with Crippen molar-refractivity contribution in [1.82, 2.24) is 19.6 Å². The van der Waals surface area contributed by atoms with Crippen molar-refractivity contribution in [1.29, 1.82) is 0 Å². The van der Waals surface area contributed by atoms with Crippen molar-refractivity contribution >= 4 is 23.1 Å². The zero-order valence-electron chi connectivity index (χ0n) is 7.16. The summed E-state index contributed by atoms with van der Waals surface area (Å²) >= 11 is 6.95. The molecule has 0 aliphatic carbocycles. The second kappa shape index (κ2) is 4.32. The lowest BCUT2D eigenvalue weighted by Crippen LogP contribution is -2.43. The summed E-state index contributed by atoms with van der Waals surface area (Å²) in [7, 11) is 0. The molecule has 0 bridgehead atoms. The van der Waals surface area contributed by atoms with Gasteiger partial charge in [-0.05, 0) is 23.1 Å². The van der Waals surface area contributed by atoms with Crippen molar-refractivity contribution in [2.24, 2.45) is 0 Å². The topological polar surface area (TPSA) is 41.1 Å². The van der Waals surface area contributed by atoms with E-state index >= 15 is 0 Å². The van der Waals surface area contributed by atoms with Gasteiger partial charge in [0.15, 0.2) is 5.82 Å². The van der Waals surface area contributed by atoms with Crippen LogP contribution in [-0.2, 0) is 6.54 Å². The highest BCUT2D eigenvalue weighted by Gasteiger charge is 2.12. The molecular formula is C7H11ClN4S. The molecule has 4 nitrogen and oxygen atoms in total. The molecule has 0 aromatic carbocycles. The molecule has 0 radical (unpaired) electrons. The SMILES string of the molecule is Clc1nc(CN2CCNCC2)ns1. The zero-order valence-corrected chi connectivity index (χ0v) is 8.74. The fourth-order valence-corrected chi connectivity index (χ4v) is 1.99. The Kier molecular flexibility index (Phi) is 3.10. The first-order valence-electron chi connectivity index (χ1n) is 4.26. The number of nitrogens with one attached hydrogen (secondary N) is 1. The van der Waals surface area contributed by atoms with Crippen LogP contribution in [0.4, 0.5) is 0 Å². The largest absolute Gasteiger partial charge is 0.314 e. The molecule has 0 unspecified atom stereocenters. The highest BCUT2D eigenvalue weighted by Crippen LogP contribution is 2.12. The molecule has 1 aromatic rings. The molecule has 0 spiro atoms. The molecule has 1 fully saturated rings. The van der Waals surface area contributed by atoms with Crippen LogP contribution in [0, 0.1) is 0 Å². The maximum Gasteiger partial charge on any atom is 0.203 e. The fraction of sp³-hybridized carbons (Fsp3) is 0.714. The first kappa shape index (κ1) is 9.33. The molecular weight excluding hydrogens is 208 g/mol. The van der Waals surface area contributed by atoms with Gasteiger partial charge in [0.1, 0.15) is 0 Å². The standard InChI is InChI=1S/C7H11ClN4S/c8-7-10-6(11-13-7)5-12-3-1-9-2-4-12/h9H,1-5H2. The Morgan fingerprint density at radius 2 is 2.23 bits per heavy atom. The average molecular weight is 219 g/mol. The highest BCUT2D eigenvalue weighted by atomic mass is 35.5. The third-order valence-electron chi connectivity index (χ3n) is 2.02. The molecule has 1 saturated heterocycles. The number of piperazine rings is 1. The summed E-state index contributed by atoms with van der Waals surface area (Å²) in [4.78, 5) is 6.44. The molecule has 1 N–H and O–H groups in total. The van der Waals surface area contributed by atoms with E-state index < -0.39 is 0 Å². The van der Waals surface area contributed by atoms with Crippen LogP contribution in [0.25, 0.3) is 0 Å². The Hall–Kier alpha value is -0.230. The third kappa shape index (κ3) is 2.60. The molecule has 1 aliphatic heterocycles. The smallest absolute Gasteiger partial charge is 0.203 e. The van der Waals surface area contributed by atoms with Crippen LogP contribution >= 0.6 is 23.1 Å². The van der Waals surface area contributed by atoms with E-state index in [0.717, 1.165) is 38.5 Å². The molecule has 0 atom stereocenters. The monoisotopic (exact) mass is 218 g/mol. The van der Waals surface area contributed by atoms with Crippen LogP contribution in [-0.4, -0.2) is 40.4 Å². The summed E-state index contributed by atoms with van der Waals surface area (Å²) in [5.41, 5.74) is 0. The molecule has 1 aliphatic rings. The molecule has 0 amide bonds. The number of hydrogen-bond donors (Lipinski definition) is 1. The minimum absolute atomic E-state index is 0.533. The van der Waals surface area contributed by atoms with E-state index in [1.807, 2.05) is 0 Å². The van der Waals surface area contributed by atoms with Crippen LogP contribution in [0.1, 0.15) is 5.82 Å². The minimum atomic E-state index is 0.533. The summed E-state index contributed by atoms with van der Waals surface area (Å²) < 4.78 is 4.68.